The molecule has 0 heterocycles. The topological polar surface area (TPSA) is 0 Å². The van der Waals surface area contributed by atoms with Crippen molar-refractivity contribution in [3.8, 4) is 11.1 Å². The molecule has 0 aromatic heterocycles. The van der Waals surface area contributed by atoms with Gasteiger partial charge >= 0.3 is 282 Å². The molecule has 0 fully saturated rings. The molecule has 46 heavy (non-hydrogen) atoms. The van der Waals surface area contributed by atoms with Crippen LogP contribution in [0.1, 0.15) is 167 Å². The van der Waals surface area contributed by atoms with E-state index in [1.807, 2.05) is 6.49 Å². The number of halogens is 2. The van der Waals surface area contributed by atoms with E-state index in [0.717, 1.165) is 6.42 Å². The van der Waals surface area contributed by atoms with Gasteiger partial charge in [0, 0.05) is 0 Å². The maximum absolute atomic E-state index is 2.72. The average molecular weight is 743 g/mol. The molecule has 0 nitrogen and oxygen atoms in total. The van der Waals surface area contributed by atoms with Crippen LogP contribution < -0.4 is 24.8 Å². The molecule has 0 spiro atoms. The van der Waals surface area contributed by atoms with E-state index in [0.29, 0.717) is 15.5 Å². The summed E-state index contributed by atoms with van der Waals surface area (Å²) in [5.41, 5.74) is 12.8. The fourth-order valence-corrected chi connectivity index (χ4v) is 18.0. The van der Waals surface area contributed by atoms with Gasteiger partial charge in [-0.05, 0) is 0 Å². The van der Waals surface area contributed by atoms with E-state index < -0.39 is 21.3 Å². The van der Waals surface area contributed by atoms with Crippen molar-refractivity contribution in [2.24, 2.45) is 11.8 Å². The third-order valence-corrected chi connectivity index (χ3v) is 18.1. The van der Waals surface area contributed by atoms with E-state index in [9.17, 15) is 0 Å². The van der Waals surface area contributed by atoms with Gasteiger partial charge in [-0.1, -0.05) is 0 Å². The Morgan fingerprint density at radius 1 is 0.609 bits per heavy atom. The molecule has 0 bridgehead atoms. The maximum atomic E-state index is 2.72. The summed E-state index contributed by atoms with van der Waals surface area (Å²) in [6, 6.07) is 10.8. The summed E-state index contributed by atoms with van der Waals surface area (Å²) in [7, 11) is 0. The number of allylic oxidation sites excluding steroid dienone is 4. The minimum Gasteiger partial charge on any atom is -1.00 e. The predicted molar refractivity (Wildman–Crippen MR) is 194 cm³/mol. The zero-order valence-electron chi connectivity index (χ0n) is 32.2. The first-order valence-electron chi connectivity index (χ1n) is 17.5. The molecule has 254 valence electrons. The molecule has 2 aromatic carbocycles. The second-order valence-electron chi connectivity index (χ2n) is 18.9. The monoisotopic (exact) mass is 740 g/mol. The largest absolute Gasteiger partial charge is 1.00 e. The van der Waals surface area contributed by atoms with Crippen LogP contribution in [0.15, 0.2) is 45.8 Å². The first-order chi connectivity index (χ1) is 20.0. The van der Waals surface area contributed by atoms with Crippen molar-refractivity contribution in [2.45, 2.75) is 155 Å². The second kappa shape index (κ2) is 14.6. The fraction of sp³-hybridized carbons (Fsp3) is 0.605. The van der Waals surface area contributed by atoms with Crippen LogP contribution >= 0.6 is 0 Å². The summed E-state index contributed by atoms with van der Waals surface area (Å²) in [5.74, 6) is 1.38. The minimum absolute atomic E-state index is 0. The van der Waals surface area contributed by atoms with Crippen molar-refractivity contribution in [3.05, 3.63) is 79.2 Å². The Hall–Kier alpha value is -0.747. The van der Waals surface area contributed by atoms with E-state index in [2.05, 4.69) is 153 Å². The van der Waals surface area contributed by atoms with Gasteiger partial charge in [0.2, 0.25) is 0 Å². The standard InChI is InChI=1S/C29H41.C9H18.C5H5.2ClH.Zr/c1-26(2,3)22-14-18-13-19-15-23(27(4,5)6)25(29(10,11)12)17-21(19)20(18)16-24(22)28(7,8)9;1-8(2)6-5-7-9(3)4;1-2-4-5-3-1;;;/h13-17H,1-12H3;8-9H,6-7H2,1-4H3;1-3H,4H2;2*1H;/q;;;;;+2/p-2. The Kier molecular flexibility index (Phi) is 13.2. The van der Waals surface area contributed by atoms with Crippen molar-refractivity contribution in [1.29, 1.82) is 0 Å². The molecule has 4 rings (SSSR count). The molecule has 0 atom stereocenters. The van der Waals surface area contributed by atoms with Gasteiger partial charge in [0.05, 0.1) is 0 Å². The van der Waals surface area contributed by atoms with E-state index >= 15 is 0 Å². The van der Waals surface area contributed by atoms with Crippen LogP contribution in [-0.2, 0) is 42.9 Å². The van der Waals surface area contributed by atoms with Crippen LogP contribution in [0.2, 0.25) is 0 Å². The number of rotatable bonds is 6. The molecule has 2 aliphatic carbocycles. The van der Waals surface area contributed by atoms with E-state index in [4.69, 9.17) is 0 Å². The summed E-state index contributed by atoms with van der Waals surface area (Å²) < 4.78 is 4.29. The van der Waals surface area contributed by atoms with Crippen LogP contribution in [0.5, 0.6) is 0 Å². The quantitative estimate of drug-likeness (QED) is 0.310. The summed E-state index contributed by atoms with van der Waals surface area (Å²) >= 11 is -2.42. The van der Waals surface area contributed by atoms with Gasteiger partial charge in [-0.2, -0.15) is 0 Å². The molecule has 0 amide bonds. The molecule has 2 aliphatic rings. The summed E-state index contributed by atoms with van der Waals surface area (Å²) in [6.07, 6.45) is 11.1. The molecule has 3 heteroatoms. The van der Waals surface area contributed by atoms with Gasteiger partial charge in [0.15, 0.2) is 0 Å². The SMILES string of the molecule is CC(C)C[C](CC(C)C)=[Zr+2]([C]1=CC=CC1)[CH]1c2cc(C(C)(C)C)c(C(C)(C)C)cc2-c2cc(C(C)(C)C)c(C(C)(C)C)cc21.[Cl-].[Cl-]. The predicted octanol–water partition coefficient (Wildman–Crippen LogP) is 6.68. The third-order valence-electron chi connectivity index (χ3n) is 9.62. The molecule has 0 radical (unpaired) electrons. The number of hydrogen-bond donors (Lipinski definition) is 0. The number of hydrogen-bond acceptors (Lipinski definition) is 0. The van der Waals surface area contributed by atoms with Crippen LogP contribution in [0.4, 0.5) is 0 Å². The first-order valence-corrected chi connectivity index (χ1v) is 21.4. The van der Waals surface area contributed by atoms with Crippen LogP contribution in [0, 0.1) is 11.8 Å². The van der Waals surface area contributed by atoms with E-state index in [-0.39, 0.29) is 46.5 Å². The molecule has 0 N–H and O–H groups in total. The molecule has 2 aromatic rings. The molecule has 0 aliphatic heterocycles. The Morgan fingerprint density at radius 3 is 1.24 bits per heavy atom. The van der Waals surface area contributed by atoms with E-state index in [1.54, 1.807) is 22.3 Å². The number of benzene rings is 2. The maximum Gasteiger partial charge on any atom is -1.00 e. The summed E-state index contributed by atoms with van der Waals surface area (Å²) in [6.45, 7) is 38.8. The zero-order chi connectivity index (χ0) is 33.2. The third kappa shape index (κ3) is 8.69. The van der Waals surface area contributed by atoms with Gasteiger partial charge in [0.25, 0.3) is 0 Å². The van der Waals surface area contributed by atoms with Gasteiger partial charge in [-0.25, -0.2) is 0 Å². The Bertz CT molecular complexity index is 1410. The molecule has 0 saturated heterocycles. The van der Waals surface area contributed by atoms with Crippen LogP contribution in [0.25, 0.3) is 11.1 Å². The normalized spacial score (nSPS) is 14.8. The van der Waals surface area contributed by atoms with Crippen molar-refractivity contribution in [3.63, 3.8) is 0 Å². The van der Waals surface area contributed by atoms with Crippen molar-refractivity contribution in [2.75, 3.05) is 0 Å². The Labute approximate surface area is 304 Å². The Morgan fingerprint density at radius 2 is 0.957 bits per heavy atom. The van der Waals surface area contributed by atoms with E-state index in [1.165, 1.54) is 35.1 Å². The minimum atomic E-state index is -2.42. The molecule has 0 saturated carbocycles. The van der Waals surface area contributed by atoms with Crippen molar-refractivity contribution < 1.29 is 46.1 Å². The van der Waals surface area contributed by atoms with Crippen molar-refractivity contribution >= 4 is 3.21 Å². The van der Waals surface area contributed by atoms with Crippen LogP contribution in [-0.4, -0.2) is 3.21 Å². The van der Waals surface area contributed by atoms with Gasteiger partial charge in [-0.15, -0.1) is 0 Å². The Balaban J connectivity index is 0.00000368. The second-order valence-corrected chi connectivity index (χ2v) is 25.7. The summed E-state index contributed by atoms with van der Waals surface area (Å²) in [4.78, 5) is 0. The van der Waals surface area contributed by atoms with Crippen molar-refractivity contribution in [1.82, 2.24) is 0 Å². The van der Waals surface area contributed by atoms with Gasteiger partial charge in [0.1, 0.15) is 0 Å². The smallest absolute Gasteiger partial charge is 1.00 e. The molecule has 0 unspecified atom stereocenters. The zero-order valence-corrected chi connectivity index (χ0v) is 36.1. The first kappa shape index (κ1) is 41.4. The molecular weight excluding hydrogens is 679 g/mol. The van der Waals surface area contributed by atoms with Crippen LogP contribution in [0.3, 0.4) is 0 Å². The number of fused-ring (bicyclic) bond motifs is 3. The van der Waals surface area contributed by atoms with Gasteiger partial charge < -0.3 is 24.8 Å². The van der Waals surface area contributed by atoms with Gasteiger partial charge in [-0.3, -0.25) is 0 Å². The molecular formula is C43H64Cl2Zr. The fourth-order valence-electron chi connectivity index (χ4n) is 7.69. The summed E-state index contributed by atoms with van der Waals surface area (Å²) in [5, 5.41) is 0. The average Bonchev–Trinajstić information content (AvgIpc) is 3.47.